The highest BCUT2D eigenvalue weighted by Gasteiger charge is 2.22. The Bertz CT molecular complexity index is 539. The number of hydrogen-bond acceptors (Lipinski definition) is 4. The van der Waals surface area contributed by atoms with Crippen LogP contribution < -0.4 is 5.73 Å². The smallest absolute Gasteiger partial charge is 0.163 e. The molecular formula is C12H17N5. The molecule has 2 N–H and O–H groups in total. The molecule has 0 aromatic carbocycles. The fraction of sp³-hybridized carbons (Fsp3) is 0.583. The van der Waals surface area contributed by atoms with E-state index in [2.05, 4.69) is 26.7 Å². The molecule has 90 valence electrons. The van der Waals surface area contributed by atoms with Crippen LogP contribution in [0.3, 0.4) is 0 Å². The van der Waals surface area contributed by atoms with Gasteiger partial charge in [0.05, 0.1) is 17.1 Å². The summed E-state index contributed by atoms with van der Waals surface area (Å²) in [5, 5.41) is 5.63. The van der Waals surface area contributed by atoms with E-state index in [-0.39, 0.29) is 0 Å². The minimum absolute atomic E-state index is 0.493. The molecule has 1 aliphatic carbocycles. The van der Waals surface area contributed by atoms with Crippen molar-refractivity contribution in [1.82, 2.24) is 19.7 Å². The van der Waals surface area contributed by atoms with Crippen molar-refractivity contribution in [3.63, 3.8) is 0 Å². The first kappa shape index (κ1) is 10.5. The van der Waals surface area contributed by atoms with Gasteiger partial charge in [-0.2, -0.15) is 5.10 Å². The Kier molecular flexibility index (Phi) is 2.46. The van der Waals surface area contributed by atoms with E-state index in [4.69, 9.17) is 5.73 Å². The molecule has 0 unspecified atom stereocenters. The van der Waals surface area contributed by atoms with Crippen LogP contribution in [0.4, 0.5) is 5.82 Å². The summed E-state index contributed by atoms with van der Waals surface area (Å²) < 4.78 is 2.07. The van der Waals surface area contributed by atoms with Crippen molar-refractivity contribution < 1.29 is 0 Å². The number of nitrogens with two attached hydrogens (primary N) is 1. The van der Waals surface area contributed by atoms with Gasteiger partial charge in [0.2, 0.25) is 0 Å². The summed E-state index contributed by atoms with van der Waals surface area (Å²) in [5.41, 5.74) is 7.86. The summed E-state index contributed by atoms with van der Waals surface area (Å²) in [6, 6.07) is 0.493. The molecule has 1 aliphatic rings. The SMILES string of the molecule is CCc1nn(C2CCCC2)c2ncnc(N)c12. The zero-order valence-corrected chi connectivity index (χ0v) is 10.1. The van der Waals surface area contributed by atoms with E-state index in [9.17, 15) is 0 Å². The lowest BCUT2D eigenvalue weighted by atomic mass is 10.2. The summed E-state index contributed by atoms with van der Waals surface area (Å²) in [7, 11) is 0. The number of hydrogen-bond donors (Lipinski definition) is 1. The second-order valence-electron chi connectivity index (χ2n) is 4.64. The molecule has 2 aromatic rings. The molecule has 2 aromatic heterocycles. The molecule has 0 radical (unpaired) electrons. The summed E-state index contributed by atoms with van der Waals surface area (Å²) in [6.07, 6.45) is 7.37. The number of nitrogen functional groups attached to an aromatic ring is 1. The van der Waals surface area contributed by atoms with Crippen molar-refractivity contribution in [3.05, 3.63) is 12.0 Å². The fourth-order valence-electron chi connectivity index (χ4n) is 2.72. The summed E-state index contributed by atoms with van der Waals surface area (Å²) in [5.74, 6) is 0.552. The van der Waals surface area contributed by atoms with Crippen LogP contribution in [-0.4, -0.2) is 19.7 Å². The third-order valence-electron chi connectivity index (χ3n) is 3.60. The molecule has 5 heteroatoms. The topological polar surface area (TPSA) is 69.6 Å². The van der Waals surface area contributed by atoms with Gasteiger partial charge in [0.15, 0.2) is 5.65 Å². The average Bonchev–Trinajstić information content (AvgIpc) is 2.95. The van der Waals surface area contributed by atoms with Crippen LogP contribution in [0.1, 0.15) is 44.3 Å². The molecule has 0 atom stereocenters. The Hall–Kier alpha value is -1.65. The van der Waals surface area contributed by atoms with Crippen LogP contribution in [-0.2, 0) is 6.42 Å². The van der Waals surface area contributed by atoms with Crippen molar-refractivity contribution in [1.29, 1.82) is 0 Å². The van der Waals surface area contributed by atoms with Crippen LogP contribution in [0.5, 0.6) is 0 Å². The first-order valence-electron chi connectivity index (χ1n) is 6.28. The highest BCUT2D eigenvalue weighted by molar-refractivity contribution is 5.88. The number of aromatic nitrogens is 4. The van der Waals surface area contributed by atoms with E-state index >= 15 is 0 Å². The second kappa shape index (κ2) is 3.98. The maximum atomic E-state index is 5.94. The van der Waals surface area contributed by atoms with Crippen LogP contribution in [0.15, 0.2) is 6.33 Å². The highest BCUT2D eigenvalue weighted by Crippen LogP contribution is 2.33. The Morgan fingerprint density at radius 2 is 2.12 bits per heavy atom. The van der Waals surface area contributed by atoms with Gasteiger partial charge in [-0.15, -0.1) is 0 Å². The van der Waals surface area contributed by atoms with Gasteiger partial charge in [-0.3, -0.25) is 0 Å². The predicted octanol–water partition coefficient (Wildman–Crippen LogP) is 2.09. The van der Waals surface area contributed by atoms with Gasteiger partial charge in [-0.25, -0.2) is 14.6 Å². The number of fused-ring (bicyclic) bond motifs is 1. The first-order chi connectivity index (χ1) is 8.31. The van der Waals surface area contributed by atoms with Crippen LogP contribution in [0, 0.1) is 0 Å². The predicted molar refractivity (Wildman–Crippen MR) is 66.6 cm³/mol. The first-order valence-corrected chi connectivity index (χ1v) is 6.28. The second-order valence-corrected chi connectivity index (χ2v) is 4.64. The van der Waals surface area contributed by atoms with E-state index in [0.29, 0.717) is 11.9 Å². The van der Waals surface area contributed by atoms with Crippen molar-refractivity contribution in [2.24, 2.45) is 0 Å². The maximum absolute atomic E-state index is 5.94. The molecular weight excluding hydrogens is 214 g/mol. The Balaban J connectivity index is 2.21. The van der Waals surface area contributed by atoms with Crippen LogP contribution in [0.2, 0.25) is 0 Å². The minimum Gasteiger partial charge on any atom is -0.383 e. The van der Waals surface area contributed by atoms with Gasteiger partial charge < -0.3 is 5.73 Å². The molecule has 17 heavy (non-hydrogen) atoms. The Morgan fingerprint density at radius 1 is 1.35 bits per heavy atom. The van der Waals surface area contributed by atoms with Gasteiger partial charge in [0.25, 0.3) is 0 Å². The van der Waals surface area contributed by atoms with Gasteiger partial charge >= 0.3 is 0 Å². The van der Waals surface area contributed by atoms with E-state index < -0.39 is 0 Å². The van der Waals surface area contributed by atoms with Crippen LogP contribution in [0.25, 0.3) is 11.0 Å². The third kappa shape index (κ3) is 1.57. The van der Waals surface area contributed by atoms with Gasteiger partial charge in [0, 0.05) is 0 Å². The van der Waals surface area contributed by atoms with Crippen molar-refractivity contribution in [3.8, 4) is 0 Å². The molecule has 1 fully saturated rings. The summed E-state index contributed by atoms with van der Waals surface area (Å²) in [4.78, 5) is 8.43. The number of rotatable bonds is 2. The zero-order chi connectivity index (χ0) is 11.8. The van der Waals surface area contributed by atoms with E-state index in [1.165, 1.54) is 32.0 Å². The number of anilines is 1. The number of nitrogens with zero attached hydrogens (tertiary/aromatic N) is 4. The van der Waals surface area contributed by atoms with E-state index in [1.807, 2.05) is 0 Å². The largest absolute Gasteiger partial charge is 0.383 e. The monoisotopic (exact) mass is 231 g/mol. The molecule has 0 bridgehead atoms. The molecule has 1 saturated carbocycles. The van der Waals surface area contributed by atoms with Crippen molar-refractivity contribution in [2.45, 2.75) is 45.1 Å². The quantitative estimate of drug-likeness (QED) is 0.859. The molecule has 0 aliphatic heterocycles. The van der Waals surface area contributed by atoms with E-state index in [1.54, 1.807) is 0 Å². The lowest BCUT2D eigenvalue weighted by Crippen LogP contribution is -2.07. The normalized spacial score (nSPS) is 17.0. The van der Waals surface area contributed by atoms with Gasteiger partial charge in [-0.05, 0) is 19.3 Å². The molecule has 3 rings (SSSR count). The van der Waals surface area contributed by atoms with Crippen LogP contribution >= 0.6 is 0 Å². The standard InChI is InChI=1S/C12H17N5/c1-2-9-10-11(13)14-7-15-12(10)17(16-9)8-5-3-4-6-8/h7-8H,2-6H2,1H3,(H2,13,14,15). The number of aryl methyl sites for hydroxylation is 1. The summed E-state index contributed by atoms with van der Waals surface area (Å²) in [6.45, 7) is 2.09. The molecule has 0 saturated heterocycles. The van der Waals surface area contributed by atoms with Crippen molar-refractivity contribution in [2.75, 3.05) is 5.73 Å². The average molecular weight is 231 g/mol. The summed E-state index contributed by atoms with van der Waals surface area (Å²) >= 11 is 0. The van der Waals surface area contributed by atoms with Gasteiger partial charge in [0.1, 0.15) is 12.1 Å². The molecule has 2 heterocycles. The fourth-order valence-corrected chi connectivity index (χ4v) is 2.72. The van der Waals surface area contributed by atoms with Crippen molar-refractivity contribution >= 4 is 16.9 Å². The lowest BCUT2D eigenvalue weighted by molar-refractivity contribution is 0.474. The zero-order valence-electron chi connectivity index (χ0n) is 10.1. The Labute approximate surface area is 100 Å². The molecule has 0 spiro atoms. The minimum atomic E-state index is 0.493. The Morgan fingerprint density at radius 3 is 2.82 bits per heavy atom. The third-order valence-corrected chi connectivity index (χ3v) is 3.60. The van der Waals surface area contributed by atoms with Gasteiger partial charge in [-0.1, -0.05) is 19.8 Å². The lowest BCUT2D eigenvalue weighted by Gasteiger charge is -2.10. The van der Waals surface area contributed by atoms with E-state index in [0.717, 1.165) is 23.1 Å². The highest BCUT2D eigenvalue weighted by atomic mass is 15.3. The molecule has 5 nitrogen and oxygen atoms in total. The molecule has 0 amide bonds. The maximum Gasteiger partial charge on any atom is 0.163 e.